The largest absolute Gasteiger partial charge is 0.439 e. The fourth-order valence-electron chi connectivity index (χ4n) is 4.62. The molecule has 38 heavy (non-hydrogen) atoms. The molecule has 0 spiro atoms. The second kappa shape index (κ2) is 12.2. The average molecular weight is 502 g/mol. The number of nitrogens with zero attached hydrogens (tertiary/aromatic N) is 2. The number of hydrogen-bond donors (Lipinski definition) is 1. The molecule has 0 aliphatic carbocycles. The van der Waals surface area contributed by atoms with Crippen molar-refractivity contribution in [1.82, 2.24) is 9.88 Å². The molecular formula is C33H31N3O2. The van der Waals surface area contributed by atoms with Gasteiger partial charge in [-0.25, -0.2) is 4.98 Å². The van der Waals surface area contributed by atoms with Crippen LogP contribution in [0.1, 0.15) is 38.3 Å². The van der Waals surface area contributed by atoms with Crippen molar-refractivity contribution >= 4 is 18.1 Å². The summed E-state index contributed by atoms with van der Waals surface area (Å²) in [6, 6.07) is 30.0. The predicted octanol–water partition coefficient (Wildman–Crippen LogP) is 6.30. The van der Waals surface area contributed by atoms with Crippen LogP contribution in [0.25, 0.3) is 12.2 Å². The SMILES string of the molecule is NC(=O)c1ccc(Oc2ccc3c(c2)CCN(C/C=C/c2ccccc2)C3)nc1C/C=C/c1ccccc1. The summed E-state index contributed by atoms with van der Waals surface area (Å²) in [5, 5.41) is 0. The summed E-state index contributed by atoms with van der Waals surface area (Å²) in [5.41, 5.74) is 11.5. The molecule has 5 nitrogen and oxygen atoms in total. The van der Waals surface area contributed by atoms with Crippen molar-refractivity contribution in [2.45, 2.75) is 19.4 Å². The van der Waals surface area contributed by atoms with Crippen LogP contribution in [-0.2, 0) is 19.4 Å². The van der Waals surface area contributed by atoms with Gasteiger partial charge in [0.1, 0.15) is 5.75 Å². The van der Waals surface area contributed by atoms with Gasteiger partial charge in [0.15, 0.2) is 0 Å². The summed E-state index contributed by atoms with van der Waals surface area (Å²) < 4.78 is 6.11. The van der Waals surface area contributed by atoms with Gasteiger partial charge in [-0.15, -0.1) is 0 Å². The molecule has 0 unspecified atom stereocenters. The van der Waals surface area contributed by atoms with Crippen LogP contribution in [0.15, 0.2) is 103 Å². The summed E-state index contributed by atoms with van der Waals surface area (Å²) in [5.74, 6) is 0.692. The molecule has 1 aromatic heterocycles. The molecule has 190 valence electrons. The third kappa shape index (κ3) is 6.64. The van der Waals surface area contributed by atoms with Crippen molar-refractivity contribution < 1.29 is 9.53 Å². The minimum Gasteiger partial charge on any atom is -0.439 e. The first-order valence-electron chi connectivity index (χ1n) is 12.9. The lowest BCUT2D eigenvalue weighted by Crippen LogP contribution is -2.30. The summed E-state index contributed by atoms with van der Waals surface area (Å²) in [6.07, 6.45) is 9.83. The number of aromatic nitrogens is 1. The fourth-order valence-corrected chi connectivity index (χ4v) is 4.62. The van der Waals surface area contributed by atoms with E-state index < -0.39 is 5.91 Å². The van der Waals surface area contributed by atoms with Gasteiger partial charge in [0, 0.05) is 32.1 Å². The van der Waals surface area contributed by atoms with Crippen molar-refractivity contribution in [1.29, 1.82) is 0 Å². The van der Waals surface area contributed by atoms with Gasteiger partial charge in [-0.3, -0.25) is 9.69 Å². The standard InChI is InChI=1S/C33H31N3O2/c34-33(37)30-18-19-32(35-31(30)15-7-13-25-9-3-1-4-10-25)38-29-17-16-28-24-36(22-20-27(28)23-29)21-8-14-26-11-5-2-6-12-26/h1-14,16-19,23H,15,20-22,24H2,(H2,34,37)/b13-7+,14-8+. The molecule has 4 aromatic rings. The molecule has 0 saturated carbocycles. The van der Waals surface area contributed by atoms with Gasteiger partial charge >= 0.3 is 0 Å². The van der Waals surface area contributed by atoms with Crippen molar-refractivity contribution in [3.63, 3.8) is 0 Å². The number of carbonyl (C=O) groups excluding carboxylic acids is 1. The van der Waals surface area contributed by atoms with E-state index in [1.54, 1.807) is 12.1 Å². The minimum atomic E-state index is -0.496. The van der Waals surface area contributed by atoms with Crippen LogP contribution in [0.3, 0.4) is 0 Å². The maximum atomic E-state index is 12.0. The number of primary amides is 1. The summed E-state index contributed by atoms with van der Waals surface area (Å²) in [7, 11) is 0. The monoisotopic (exact) mass is 501 g/mol. The van der Waals surface area contributed by atoms with Gasteiger partial charge < -0.3 is 10.5 Å². The number of ether oxygens (including phenoxy) is 1. The van der Waals surface area contributed by atoms with E-state index in [1.165, 1.54) is 16.7 Å². The topological polar surface area (TPSA) is 68.5 Å². The summed E-state index contributed by atoms with van der Waals surface area (Å²) in [4.78, 5) is 19.0. The van der Waals surface area contributed by atoms with Gasteiger partial charge in [0.05, 0.1) is 11.3 Å². The van der Waals surface area contributed by atoms with Gasteiger partial charge in [0.25, 0.3) is 5.91 Å². The highest BCUT2D eigenvalue weighted by Crippen LogP contribution is 2.27. The first kappa shape index (κ1) is 25.2. The second-order valence-corrected chi connectivity index (χ2v) is 9.36. The van der Waals surface area contributed by atoms with Crippen molar-refractivity contribution in [3.8, 4) is 11.6 Å². The zero-order chi connectivity index (χ0) is 26.2. The zero-order valence-electron chi connectivity index (χ0n) is 21.3. The van der Waals surface area contributed by atoms with E-state index >= 15 is 0 Å². The van der Waals surface area contributed by atoms with E-state index in [2.05, 4.69) is 58.4 Å². The number of benzene rings is 3. The van der Waals surface area contributed by atoms with Crippen LogP contribution in [-0.4, -0.2) is 28.9 Å². The molecule has 3 aromatic carbocycles. The molecule has 0 radical (unpaired) electrons. The molecule has 5 rings (SSSR count). The number of nitrogens with two attached hydrogens (primary N) is 1. The van der Waals surface area contributed by atoms with Gasteiger partial charge in [-0.1, -0.05) is 91.0 Å². The molecule has 0 fully saturated rings. The van der Waals surface area contributed by atoms with E-state index in [0.29, 0.717) is 23.6 Å². The Balaban J connectivity index is 1.23. The van der Waals surface area contributed by atoms with Gasteiger partial charge in [-0.05, 0) is 46.9 Å². The Kier molecular flexibility index (Phi) is 8.07. The van der Waals surface area contributed by atoms with Crippen LogP contribution >= 0.6 is 0 Å². The van der Waals surface area contributed by atoms with Crippen LogP contribution in [0.4, 0.5) is 0 Å². The molecule has 0 saturated heterocycles. The van der Waals surface area contributed by atoms with Crippen molar-refractivity contribution in [2.75, 3.05) is 13.1 Å². The van der Waals surface area contributed by atoms with E-state index in [9.17, 15) is 4.79 Å². The maximum Gasteiger partial charge on any atom is 0.250 e. The van der Waals surface area contributed by atoms with Crippen LogP contribution in [0.2, 0.25) is 0 Å². The van der Waals surface area contributed by atoms with E-state index in [4.69, 9.17) is 10.5 Å². The lowest BCUT2D eigenvalue weighted by atomic mass is 9.99. The summed E-state index contributed by atoms with van der Waals surface area (Å²) >= 11 is 0. The van der Waals surface area contributed by atoms with Crippen molar-refractivity contribution in [2.24, 2.45) is 5.73 Å². The van der Waals surface area contributed by atoms with Crippen molar-refractivity contribution in [3.05, 3.63) is 137 Å². The molecule has 1 aliphatic rings. The number of hydrogen-bond acceptors (Lipinski definition) is 4. The second-order valence-electron chi connectivity index (χ2n) is 9.36. The predicted molar refractivity (Wildman–Crippen MR) is 153 cm³/mol. The smallest absolute Gasteiger partial charge is 0.250 e. The quantitative estimate of drug-likeness (QED) is 0.292. The summed E-state index contributed by atoms with van der Waals surface area (Å²) in [6.45, 7) is 2.83. The van der Waals surface area contributed by atoms with Gasteiger partial charge in [0.2, 0.25) is 5.88 Å². The number of pyridine rings is 1. The Labute approximate surface area is 223 Å². The molecule has 1 aliphatic heterocycles. The van der Waals surface area contributed by atoms with Crippen LogP contribution in [0, 0.1) is 0 Å². The minimum absolute atomic E-state index is 0.405. The highest BCUT2D eigenvalue weighted by atomic mass is 16.5. The molecule has 5 heteroatoms. The van der Waals surface area contributed by atoms with E-state index in [1.807, 2.05) is 54.6 Å². The fraction of sp³-hybridized carbons (Fsp3) is 0.152. The lowest BCUT2D eigenvalue weighted by Gasteiger charge is -2.28. The highest BCUT2D eigenvalue weighted by molar-refractivity contribution is 5.94. The molecule has 2 N–H and O–H groups in total. The number of carbonyl (C=O) groups is 1. The first-order valence-corrected chi connectivity index (χ1v) is 12.9. The number of rotatable bonds is 9. The first-order chi connectivity index (χ1) is 18.6. The molecular weight excluding hydrogens is 470 g/mol. The Bertz CT molecular complexity index is 1450. The number of fused-ring (bicyclic) bond motifs is 1. The van der Waals surface area contributed by atoms with E-state index in [-0.39, 0.29) is 0 Å². The number of amides is 1. The molecule has 0 bridgehead atoms. The van der Waals surface area contributed by atoms with E-state index in [0.717, 1.165) is 37.4 Å². The Morgan fingerprint density at radius 1 is 0.868 bits per heavy atom. The highest BCUT2D eigenvalue weighted by Gasteiger charge is 2.17. The lowest BCUT2D eigenvalue weighted by molar-refractivity contribution is 0.0999. The Hall–Kier alpha value is -4.48. The van der Waals surface area contributed by atoms with Crippen LogP contribution in [0.5, 0.6) is 11.6 Å². The third-order valence-corrected chi connectivity index (χ3v) is 6.60. The van der Waals surface area contributed by atoms with Crippen LogP contribution < -0.4 is 10.5 Å². The average Bonchev–Trinajstić information content (AvgIpc) is 2.94. The number of allylic oxidation sites excluding steroid dienone is 1. The zero-order valence-corrected chi connectivity index (χ0v) is 21.3. The Morgan fingerprint density at radius 2 is 1.58 bits per heavy atom. The normalized spacial score (nSPS) is 13.6. The molecule has 0 atom stereocenters. The Morgan fingerprint density at radius 3 is 2.29 bits per heavy atom. The molecule has 2 heterocycles. The molecule has 1 amide bonds. The maximum absolute atomic E-state index is 12.0. The van der Waals surface area contributed by atoms with Gasteiger partial charge in [-0.2, -0.15) is 0 Å². The third-order valence-electron chi connectivity index (χ3n) is 6.60.